The topological polar surface area (TPSA) is 29.5 Å². The first-order valence-corrected chi connectivity index (χ1v) is 7.64. The quantitative estimate of drug-likeness (QED) is 0.857. The fourth-order valence-electron chi connectivity index (χ4n) is 3.09. The molecule has 3 nitrogen and oxygen atoms in total. The number of benzene rings is 1. The highest BCUT2D eigenvalue weighted by Gasteiger charge is 2.46. The Morgan fingerprint density at radius 3 is 2.50 bits per heavy atom. The average molecular weight is 294 g/mol. The summed E-state index contributed by atoms with van der Waals surface area (Å²) in [7, 11) is 1.75. The molecule has 1 amide bonds. The fourth-order valence-corrected chi connectivity index (χ4v) is 3.22. The zero-order valence-corrected chi connectivity index (χ0v) is 12.5. The van der Waals surface area contributed by atoms with Gasteiger partial charge in [0.1, 0.15) is 0 Å². The number of hydrogen-bond acceptors (Lipinski definition) is 2. The number of carbonyl (C=O) groups excluding carboxylic acids is 1. The van der Waals surface area contributed by atoms with Crippen molar-refractivity contribution in [3.63, 3.8) is 0 Å². The first-order chi connectivity index (χ1) is 9.69. The highest BCUT2D eigenvalue weighted by atomic mass is 35.5. The lowest BCUT2D eigenvalue weighted by molar-refractivity contribution is -0.135. The minimum atomic E-state index is 0.176. The van der Waals surface area contributed by atoms with E-state index < -0.39 is 0 Å². The maximum atomic E-state index is 12.5. The van der Waals surface area contributed by atoms with Crippen LogP contribution in [0.15, 0.2) is 24.3 Å². The minimum Gasteiger partial charge on any atom is -0.381 e. The first-order valence-electron chi connectivity index (χ1n) is 7.26. The van der Waals surface area contributed by atoms with Gasteiger partial charge in [-0.1, -0.05) is 23.7 Å². The molecular weight excluding hydrogens is 274 g/mol. The maximum absolute atomic E-state index is 12.5. The lowest BCUT2D eigenvalue weighted by Gasteiger charge is -2.31. The number of nitrogens with zero attached hydrogens (tertiary/aromatic N) is 1. The Labute approximate surface area is 124 Å². The highest BCUT2D eigenvalue weighted by molar-refractivity contribution is 6.30. The van der Waals surface area contributed by atoms with Crippen LogP contribution in [-0.2, 0) is 9.53 Å². The number of ether oxygens (including phenoxy) is 1. The standard InChI is InChI=1S/C16H20ClNO2/c1-20-13-6-8-18(9-7-13)16(19)15-10-14(15)11-2-4-12(17)5-3-11/h2-5,13-15H,6-10H2,1H3. The summed E-state index contributed by atoms with van der Waals surface area (Å²) in [5, 5.41) is 0.749. The molecule has 1 saturated heterocycles. The molecule has 0 radical (unpaired) electrons. The lowest BCUT2D eigenvalue weighted by atomic mass is 10.1. The number of halogens is 1. The molecule has 2 fully saturated rings. The molecule has 1 aromatic rings. The van der Waals surface area contributed by atoms with Gasteiger partial charge in [0.05, 0.1) is 6.10 Å². The Balaban J connectivity index is 1.56. The van der Waals surface area contributed by atoms with Crippen LogP contribution in [0.2, 0.25) is 5.02 Å². The van der Waals surface area contributed by atoms with Crippen LogP contribution in [-0.4, -0.2) is 37.1 Å². The largest absolute Gasteiger partial charge is 0.381 e. The second-order valence-electron chi connectivity index (χ2n) is 5.76. The molecule has 1 saturated carbocycles. The molecule has 2 unspecified atom stereocenters. The molecule has 20 heavy (non-hydrogen) atoms. The van der Waals surface area contributed by atoms with Crippen LogP contribution in [0.3, 0.4) is 0 Å². The number of hydrogen-bond donors (Lipinski definition) is 0. The van der Waals surface area contributed by atoms with Crippen molar-refractivity contribution < 1.29 is 9.53 Å². The Morgan fingerprint density at radius 1 is 1.25 bits per heavy atom. The van der Waals surface area contributed by atoms with Gasteiger partial charge in [0.2, 0.25) is 5.91 Å². The van der Waals surface area contributed by atoms with E-state index in [1.54, 1.807) is 7.11 Å². The van der Waals surface area contributed by atoms with E-state index in [-0.39, 0.29) is 5.92 Å². The second-order valence-corrected chi connectivity index (χ2v) is 6.20. The van der Waals surface area contributed by atoms with Crippen molar-refractivity contribution in [3.8, 4) is 0 Å². The Kier molecular flexibility index (Phi) is 3.99. The molecule has 2 aliphatic rings. The maximum Gasteiger partial charge on any atom is 0.226 e. The van der Waals surface area contributed by atoms with Crippen molar-refractivity contribution in [1.29, 1.82) is 0 Å². The molecule has 3 rings (SSSR count). The summed E-state index contributed by atoms with van der Waals surface area (Å²) in [6.07, 6.45) is 3.22. The van der Waals surface area contributed by atoms with Gasteiger partial charge < -0.3 is 9.64 Å². The Bertz CT molecular complexity index is 480. The van der Waals surface area contributed by atoms with Crippen LogP contribution in [0.25, 0.3) is 0 Å². The van der Waals surface area contributed by atoms with E-state index in [1.807, 2.05) is 29.2 Å². The van der Waals surface area contributed by atoms with Gasteiger partial charge in [-0.05, 0) is 42.9 Å². The highest BCUT2D eigenvalue weighted by Crippen LogP contribution is 2.48. The van der Waals surface area contributed by atoms with Crippen LogP contribution >= 0.6 is 11.6 Å². The SMILES string of the molecule is COC1CCN(C(=O)C2CC2c2ccc(Cl)cc2)CC1. The Morgan fingerprint density at radius 2 is 1.90 bits per heavy atom. The number of carbonyl (C=O) groups is 1. The molecule has 0 bridgehead atoms. The van der Waals surface area contributed by atoms with Crippen molar-refractivity contribution in [2.24, 2.45) is 5.92 Å². The number of likely N-dealkylation sites (tertiary alicyclic amines) is 1. The summed E-state index contributed by atoms with van der Waals surface area (Å²) in [5.74, 6) is 0.884. The third-order valence-corrected chi connectivity index (χ3v) is 4.74. The van der Waals surface area contributed by atoms with Gasteiger partial charge in [0.25, 0.3) is 0 Å². The summed E-state index contributed by atoms with van der Waals surface area (Å²) < 4.78 is 5.35. The zero-order valence-electron chi connectivity index (χ0n) is 11.7. The summed E-state index contributed by atoms with van der Waals surface area (Å²) in [5.41, 5.74) is 1.24. The molecule has 1 heterocycles. The monoisotopic (exact) mass is 293 g/mol. The number of methoxy groups -OCH3 is 1. The number of piperidine rings is 1. The van der Waals surface area contributed by atoms with Gasteiger partial charge in [-0.15, -0.1) is 0 Å². The van der Waals surface area contributed by atoms with E-state index in [2.05, 4.69) is 0 Å². The summed E-state index contributed by atoms with van der Waals surface area (Å²) in [6.45, 7) is 1.67. The fraction of sp³-hybridized carbons (Fsp3) is 0.562. The summed E-state index contributed by atoms with van der Waals surface area (Å²) in [4.78, 5) is 14.5. The van der Waals surface area contributed by atoms with Crippen molar-refractivity contribution in [3.05, 3.63) is 34.9 Å². The third-order valence-electron chi connectivity index (χ3n) is 4.49. The van der Waals surface area contributed by atoms with Gasteiger partial charge in [-0.3, -0.25) is 4.79 Å². The first kappa shape index (κ1) is 13.9. The molecular formula is C16H20ClNO2. The molecule has 0 N–H and O–H groups in total. The van der Waals surface area contributed by atoms with Crippen LogP contribution in [0.1, 0.15) is 30.7 Å². The third kappa shape index (κ3) is 2.84. The van der Waals surface area contributed by atoms with Gasteiger partial charge in [0, 0.05) is 31.1 Å². The predicted molar refractivity (Wildman–Crippen MR) is 78.9 cm³/mol. The molecule has 1 aromatic carbocycles. The minimum absolute atomic E-state index is 0.176. The van der Waals surface area contributed by atoms with Crippen LogP contribution in [0, 0.1) is 5.92 Å². The smallest absolute Gasteiger partial charge is 0.226 e. The van der Waals surface area contributed by atoms with E-state index in [0.29, 0.717) is 17.9 Å². The van der Waals surface area contributed by atoms with E-state index >= 15 is 0 Å². The van der Waals surface area contributed by atoms with E-state index in [4.69, 9.17) is 16.3 Å². The van der Waals surface area contributed by atoms with E-state index in [0.717, 1.165) is 37.4 Å². The predicted octanol–water partition coefficient (Wildman–Crippen LogP) is 3.08. The zero-order chi connectivity index (χ0) is 14.1. The van der Waals surface area contributed by atoms with Crippen molar-refractivity contribution in [1.82, 2.24) is 4.90 Å². The van der Waals surface area contributed by atoms with Crippen LogP contribution in [0.5, 0.6) is 0 Å². The molecule has 1 aliphatic carbocycles. The van der Waals surface area contributed by atoms with Crippen molar-refractivity contribution >= 4 is 17.5 Å². The molecule has 2 atom stereocenters. The summed E-state index contributed by atoms with van der Waals surface area (Å²) in [6, 6.07) is 7.89. The van der Waals surface area contributed by atoms with Gasteiger partial charge in [-0.2, -0.15) is 0 Å². The van der Waals surface area contributed by atoms with Gasteiger partial charge >= 0.3 is 0 Å². The number of amides is 1. The average Bonchev–Trinajstić information content (AvgIpc) is 3.28. The van der Waals surface area contributed by atoms with E-state index in [1.165, 1.54) is 5.56 Å². The molecule has 4 heteroatoms. The van der Waals surface area contributed by atoms with Crippen LogP contribution < -0.4 is 0 Å². The van der Waals surface area contributed by atoms with E-state index in [9.17, 15) is 4.79 Å². The second kappa shape index (κ2) is 5.74. The molecule has 108 valence electrons. The molecule has 0 aromatic heterocycles. The van der Waals surface area contributed by atoms with Crippen molar-refractivity contribution in [2.75, 3.05) is 20.2 Å². The van der Waals surface area contributed by atoms with Crippen LogP contribution in [0.4, 0.5) is 0 Å². The van der Waals surface area contributed by atoms with Gasteiger partial charge in [-0.25, -0.2) is 0 Å². The summed E-state index contributed by atoms with van der Waals surface area (Å²) >= 11 is 5.90. The Hall–Kier alpha value is -1.06. The molecule has 1 aliphatic heterocycles. The number of rotatable bonds is 3. The normalized spacial score (nSPS) is 26.6. The molecule has 0 spiro atoms. The lowest BCUT2D eigenvalue weighted by Crippen LogP contribution is -2.41. The van der Waals surface area contributed by atoms with Gasteiger partial charge in [0.15, 0.2) is 0 Å². The van der Waals surface area contributed by atoms with Crippen molar-refractivity contribution in [2.45, 2.75) is 31.3 Å².